The smallest absolute Gasteiger partial charge is 0.0972 e. The van der Waals surface area contributed by atoms with Crippen LogP contribution in [0.25, 0.3) is 44.3 Å². The van der Waals surface area contributed by atoms with E-state index in [2.05, 4.69) is 24.3 Å². The minimum Gasteiger partial charge on any atom is -0.392 e. The lowest BCUT2D eigenvalue weighted by Crippen LogP contribution is -1.91. The fourth-order valence-corrected chi connectivity index (χ4v) is 3.65. The molecule has 4 nitrogen and oxygen atoms in total. The molecule has 0 aliphatic heterocycles. The zero-order valence-corrected chi connectivity index (χ0v) is 16.3. The third-order valence-corrected chi connectivity index (χ3v) is 5.38. The Kier molecular flexibility index (Phi) is 4.71. The van der Waals surface area contributed by atoms with Gasteiger partial charge in [-0.3, -0.25) is 0 Å². The Balaban J connectivity index is 1.65. The van der Waals surface area contributed by atoms with Crippen LogP contribution >= 0.6 is 0 Å². The van der Waals surface area contributed by atoms with Crippen LogP contribution in [0.1, 0.15) is 11.1 Å². The number of aromatic nitrogens is 2. The summed E-state index contributed by atoms with van der Waals surface area (Å²) >= 11 is 0. The van der Waals surface area contributed by atoms with Crippen LogP contribution in [0.5, 0.6) is 0 Å². The first-order valence-electron chi connectivity index (χ1n) is 9.86. The second-order valence-corrected chi connectivity index (χ2v) is 7.31. The number of pyridine rings is 2. The lowest BCUT2D eigenvalue weighted by atomic mass is 10.0. The van der Waals surface area contributed by atoms with Crippen LogP contribution in [-0.4, -0.2) is 20.2 Å². The summed E-state index contributed by atoms with van der Waals surface area (Å²) in [6.45, 7) is 0.0596. The molecule has 0 unspecified atom stereocenters. The molecule has 0 saturated carbocycles. The number of aliphatic hydroxyl groups excluding tert-OH is 2. The van der Waals surface area contributed by atoms with Crippen molar-refractivity contribution < 1.29 is 10.2 Å². The molecule has 0 aliphatic carbocycles. The summed E-state index contributed by atoms with van der Waals surface area (Å²) < 4.78 is 0. The highest BCUT2D eigenvalue weighted by Crippen LogP contribution is 2.28. The SMILES string of the molecule is OCc1ccc(-c2ccc3ccc4ccc(-c5ccc(CO)cc5)nc4c3n2)cc1. The Hall–Kier alpha value is -3.60. The quantitative estimate of drug-likeness (QED) is 0.418. The van der Waals surface area contributed by atoms with E-state index >= 15 is 0 Å². The zero-order chi connectivity index (χ0) is 20.5. The van der Waals surface area contributed by atoms with Gasteiger partial charge in [-0.1, -0.05) is 72.8 Å². The fraction of sp³-hybridized carbons (Fsp3) is 0.0769. The lowest BCUT2D eigenvalue weighted by molar-refractivity contribution is 0.281. The standard InChI is InChI=1S/C26H20N2O2/c29-15-17-1-5-19(6-2-17)23-13-11-21-9-10-22-12-14-24(28-26(22)25(21)27-23)20-7-3-18(16-30)4-8-20/h1-14,29-30H,15-16H2. The van der Waals surface area contributed by atoms with Crippen LogP contribution < -0.4 is 0 Å². The molecule has 0 fully saturated rings. The summed E-state index contributed by atoms with van der Waals surface area (Å²) in [5.74, 6) is 0. The van der Waals surface area contributed by atoms with Gasteiger partial charge in [0.25, 0.3) is 0 Å². The minimum absolute atomic E-state index is 0.0298. The Morgan fingerprint density at radius 3 is 1.20 bits per heavy atom. The monoisotopic (exact) mass is 392 g/mol. The van der Waals surface area contributed by atoms with Crippen molar-refractivity contribution in [1.29, 1.82) is 0 Å². The highest BCUT2D eigenvalue weighted by molar-refractivity contribution is 6.04. The van der Waals surface area contributed by atoms with Crippen LogP contribution in [0.2, 0.25) is 0 Å². The number of hydrogen-bond acceptors (Lipinski definition) is 4. The van der Waals surface area contributed by atoms with E-state index in [0.717, 1.165) is 55.4 Å². The Bertz CT molecular complexity index is 1240. The molecule has 0 saturated heterocycles. The molecule has 0 amide bonds. The number of rotatable bonds is 4. The van der Waals surface area contributed by atoms with E-state index < -0.39 is 0 Å². The first-order valence-corrected chi connectivity index (χ1v) is 9.86. The highest BCUT2D eigenvalue weighted by Gasteiger charge is 2.09. The molecule has 2 aromatic heterocycles. The van der Waals surface area contributed by atoms with Gasteiger partial charge < -0.3 is 10.2 Å². The molecule has 5 rings (SSSR count). The molecule has 0 bridgehead atoms. The van der Waals surface area contributed by atoms with Crippen molar-refractivity contribution in [3.8, 4) is 22.5 Å². The molecule has 0 atom stereocenters. The zero-order valence-electron chi connectivity index (χ0n) is 16.3. The largest absolute Gasteiger partial charge is 0.392 e. The molecule has 2 N–H and O–H groups in total. The highest BCUT2D eigenvalue weighted by atomic mass is 16.3. The average Bonchev–Trinajstić information content (AvgIpc) is 2.83. The summed E-state index contributed by atoms with van der Waals surface area (Å²) in [6.07, 6.45) is 0. The fourth-order valence-electron chi connectivity index (χ4n) is 3.65. The Labute approximate surface area is 174 Å². The summed E-state index contributed by atoms with van der Waals surface area (Å²) in [7, 11) is 0. The average molecular weight is 392 g/mol. The predicted octanol–water partition coefficient (Wildman–Crippen LogP) is 5.10. The van der Waals surface area contributed by atoms with E-state index in [1.807, 2.05) is 60.7 Å². The second-order valence-electron chi connectivity index (χ2n) is 7.31. The summed E-state index contributed by atoms with van der Waals surface area (Å²) in [4.78, 5) is 9.87. The van der Waals surface area contributed by atoms with Crippen LogP contribution in [0.4, 0.5) is 0 Å². The summed E-state index contributed by atoms with van der Waals surface area (Å²) in [5.41, 5.74) is 7.24. The van der Waals surface area contributed by atoms with E-state index in [1.165, 1.54) is 0 Å². The van der Waals surface area contributed by atoms with E-state index in [1.54, 1.807) is 0 Å². The maximum absolute atomic E-state index is 9.27. The van der Waals surface area contributed by atoms with Crippen LogP contribution in [-0.2, 0) is 13.2 Å². The van der Waals surface area contributed by atoms with Crippen molar-refractivity contribution in [3.05, 3.63) is 96.1 Å². The molecule has 3 aromatic carbocycles. The summed E-state index contributed by atoms with van der Waals surface area (Å²) in [5, 5.41) is 20.6. The Morgan fingerprint density at radius 2 is 0.833 bits per heavy atom. The molecule has 4 heteroatoms. The summed E-state index contributed by atoms with van der Waals surface area (Å²) in [6, 6.07) is 27.9. The van der Waals surface area contributed by atoms with Gasteiger partial charge in [-0.05, 0) is 23.3 Å². The first kappa shape index (κ1) is 18.4. The van der Waals surface area contributed by atoms with Gasteiger partial charge in [-0.25, -0.2) is 9.97 Å². The van der Waals surface area contributed by atoms with Crippen LogP contribution in [0.3, 0.4) is 0 Å². The second kappa shape index (κ2) is 7.67. The normalized spacial score (nSPS) is 11.3. The molecule has 146 valence electrons. The molecule has 2 heterocycles. The third kappa shape index (κ3) is 3.32. The topological polar surface area (TPSA) is 66.2 Å². The van der Waals surface area contributed by atoms with Crippen LogP contribution in [0, 0.1) is 0 Å². The van der Waals surface area contributed by atoms with Crippen molar-refractivity contribution in [1.82, 2.24) is 9.97 Å². The Morgan fingerprint density at radius 1 is 0.467 bits per heavy atom. The van der Waals surface area contributed by atoms with Crippen molar-refractivity contribution in [3.63, 3.8) is 0 Å². The molecule has 30 heavy (non-hydrogen) atoms. The van der Waals surface area contributed by atoms with Crippen LogP contribution in [0.15, 0.2) is 84.9 Å². The van der Waals surface area contributed by atoms with Gasteiger partial charge in [0.1, 0.15) is 0 Å². The van der Waals surface area contributed by atoms with Gasteiger partial charge in [0.15, 0.2) is 0 Å². The molecule has 5 aromatic rings. The lowest BCUT2D eigenvalue weighted by Gasteiger charge is -2.09. The van der Waals surface area contributed by atoms with Crippen molar-refractivity contribution in [2.75, 3.05) is 0 Å². The number of fused-ring (bicyclic) bond motifs is 3. The number of benzene rings is 3. The first-order chi connectivity index (χ1) is 14.7. The third-order valence-electron chi connectivity index (χ3n) is 5.38. The van der Waals surface area contributed by atoms with E-state index in [-0.39, 0.29) is 13.2 Å². The van der Waals surface area contributed by atoms with Gasteiger partial charge in [0.05, 0.1) is 35.6 Å². The van der Waals surface area contributed by atoms with Crippen molar-refractivity contribution >= 4 is 21.8 Å². The van der Waals surface area contributed by atoms with E-state index in [0.29, 0.717) is 0 Å². The van der Waals surface area contributed by atoms with Gasteiger partial charge in [0, 0.05) is 21.9 Å². The number of aliphatic hydroxyl groups is 2. The maximum atomic E-state index is 9.27. The molecular formula is C26H20N2O2. The molecular weight excluding hydrogens is 372 g/mol. The molecule has 0 radical (unpaired) electrons. The number of nitrogens with zero attached hydrogens (tertiary/aromatic N) is 2. The van der Waals surface area contributed by atoms with Gasteiger partial charge in [-0.2, -0.15) is 0 Å². The van der Waals surface area contributed by atoms with Gasteiger partial charge in [0.2, 0.25) is 0 Å². The van der Waals surface area contributed by atoms with Crippen molar-refractivity contribution in [2.45, 2.75) is 13.2 Å². The van der Waals surface area contributed by atoms with Gasteiger partial charge in [-0.15, -0.1) is 0 Å². The number of hydrogen-bond donors (Lipinski definition) is 2. The maximum Gasteiger partial charge on any atom is 0.0972 e. The minimum atomic E-state index is 0.0298. The predicted molar refractivity (Wildman–Crippen MR) is 120 cm³/mol. The van der Waals surface area contributed by atoms with E-state index in [9.17, 15) is 10.2 Å². The van der Waals surface area contributed by atoms with Gasteiger partial charge >= 0.3 is 0 Å². The molecule has 0 spiro atoms. The van der Waals surface area contributed by atoms with Crippen molar-refractivity contribution in [2.24, 2.45) is 0 Å². The van der Waals surface area contributed by atoms with E-state index in [4.69, 9.17) is 9.97 Å². The molecule has 0 aliphatic rings.